The highest BCUT2D eigenvalue weighted by Gasteiger charge is 2.34. The molecule has 0 heterocycles. The Kier molecular flexibility index (Phi) is 7.80. The van der Waals surface area contributed by atoms with E-state index in [-0.39, 0.29) is 21.7 Å². The molecule has 0 aromatic heterocycles. The van der Waals surface area contributed by atoms with Crippen LogP contribution in [0.25, 0.3) is 0 Å². The molecule has 5 heteroatoms. The first-order chi connectivity index (χ1) is 15.4. The Morgan fingerprint density at radius 3 is 1.09 bits per heavy atom. The van der Waals surface area contributed by atoms with Crippen LogP contribution in [-0.2, 0) is 26.2 Å². The van der Waals surface area contributed by atoms with Crippen molar-refractivity contribution in [2.45, 2.75) is 119 Å². The van der Waals surface area contributed by atoms with Crippen molar-refractivity contribution in [3.8, 4) is 11.5 Å². The second-order valence-electron chi connectivity index (χ2n) is 14.0. The van der Waals surface area contributed by atoms with Crippen molar-refractivity contribution in [3.05, 3.63) is 57.6 Å². The lowest BCUT2D eigenvalue weighted by Crippen LogP contribution is -2.20. The molecule has 0 atom stereocenters. The lowest BCUT2D eigenvalue weighted by atomic mass is 9.79. The average Bonchev–Trinajstić information content (AvgIpc) is 2.60. The molecule has 0 aliphatic carbocycles. The molecule has 2 aromatic rings. The molecule has 196 valence electrons. The van der Waals surface area contributed by atoms with Crippen LogP contribution >= 0.6 is 7.82 Å². The van der Waals surface area contributed by atoms with Crippen molar-refractivity contribution in [1.29, 1.82) is 0 Å². The van der Waals surface area contributed by atoms with E-state index in [0.717, 1.165) is 33.4 Å². The second-order valence-corrected chi connectivity index (χ2v) is 15.3. The largest absolute Gasteiger partial charge is 0.584 e. The number of phosphoric acid groups is 1. The summed E-state index contributed by atoms with van der Waals surface area (Å²) in [6.07, 6.45) is 0. The number of hydrogen-bond acceptors (Lipinski definition) is 3. The molecule has 4 nitrogen and oxygen atoms in total. The SMILES string of the molecule is Cc1cc(C(C)(C)C)cc(C(C)(C)C)c1OP(=O)(O)Oc1c(C)cc(C(C)(C)C)cc1C(C)(C)C. The van der Waals surface area contributed by atoms with Gasteiger partial charge in [-0.15, -0.1) is 0 Å². The fraction of sp³-hybridized carbons (Fsp3) is 0.600. The van der Waals surface area contributed by atoms with Crippen LogP contribution in [0.15, 0.2) is 24.3 Å². The summed E-state index contributed by atoms with van der Waals surface area (Å²) in [5, 5.41) is 0. The van der Waals surface area contributed by atoms with E-state index < -0.39 is 7.82 Å². The van der Waals surface area contributed by atoms with Gasteiger partial charge in [0.25, 0.3) is 0 Å². The molecule has 0 amide bonds. The maximum Gasteiger partial charge on any atom is 0.584 e. The zero-order valence-corrected chi connectivity index (χ0v) is 25.3. The van der Waals surface area contributed by atoms with Crippen LogP contribution in [0.5, 0.6) is 11.5 Å². The predicted molar refractivity (Wildman–Crippen MR) is 148 cm³/mol. The standard InChI is InChI=1S/C30H47O4P/c1-19-15-21(27(3,4)5)17-23(29(9,10)11)25(19)33-35(31,32)34-26-20(2)16-22(28(6,7)8)18-24(26)30(12,13)14/h15-18H,1-14H3,(H,31,32). The van der Waals surface area contributed by atoms with Crippen LogP contribution < -0.4 is 9.05 Å². The maximum absolute atomic E-state index is 13.5. The molecule has 0 saturated heterocycles. The summed E-state index contributed by atoms with van der Waals surface area (Å²) in [5.74, 6) is 0.829. The summed E-state index contributed by atoms with van der Waals surface area (Å²) in [4.78, 5) is 11.0. The second kappa shape index (κ2) is 9.27. The first-order valence-corrected chi connectivity index (χ1v) is 14.0. The van der Waals surface area contributed by atoms with Gasteiger partial charge in [0.15, 0.2) is 0 Å². The highest BCUT2D eigenvalue weighted by molar-refractivity contribution is 7.48. The molecular formula is C30H47O4P. The van der Waals surface area contributed by atoms with Gasteiger partial charge in [-0.3, -0.25) is 4.89 Å². The van der Waals surface area contributed by atoms with Crippen LogP contribution in [0.1, 0.15) is 116 Å². The fourth-order valence-electron chi connectivity index (χ4n) is 4.02. The van der Waals surface area contributed by atoms with E-state index in [9.17, 15) is 9.46 Å². The Morgan fingerprint density at radius 1 is 0.571 bits per heavy atom. The van der Waals surface area contributed by atoms with Crippen LogP contribution in [0.4, 0.5) is 0 Å². The third-order valence-corrected chi connectivity index (χ3v) is 7.14. The summed E-state index contributed by atoms with van der Waals surface area (Å²) < 4.78 is 25.2. The highest BCUT2D eigenvalue weighted by atomic mass is 31.2. The lowest BCUT2D eigenvalue weighted by molar-refractivity contribution is 0.284. The smallest absolute Gasteiger partial charge is 0.395 e. The Hall–Kier alpha value is -1.77. The molecule has 0 spiro atoms. The summed E-state index contributed by atoms with van der Waals surface area (Å²) in [6.45, 7) is 29.3. The van der Waals surface area contributed by atoms with Crippen LogP contribution in [-0.4, -0.2) is 4.89 Å². The van der Waals surface area contributed by atoms with Crippen molar-refractivity contribution in [2.75, 3.05) is 0 Å². The van der Waals surface area contributed by atoms with Crippen molar-refractivity contribution >= 4 is 7.82 Å². The van der Waals surface area contributed by atoms with Crippen LogP contribution in [0.3, 0.4) is 0 Å². The quantitative estimate of drug-likeness (QED) is 0.424. The topological polar surface area (TPSA) is 55.8 Å². The first kappa shape index (κ1) is 29.5. The fourth-order valence-corrected chi connectivity index (χ4v) is 5.00. The third-order valence-electron chi connectivity index (χ3n) is 6.31. The van der Waals surface area contributed by atoms with Crippen LogP contribution in [0.2, 0.25) is 0 Å². The van der Waals surface area contributed by atoms with Gasteiger partial charge in [-0.1, -0.05) is 107 Å². The Morgan fingerprint density at radius 2 is 0.857 bits per heavy atom. The summed E-state index contributed by atoms with van der Waals surface area (Å²) in [6, 6.07) is 8.25. The van der Waals surface area contributed by atoms with Gasteiger partial charge in [0.2, 0.25) is 0 Å². The van der Waals surface area contributed by atoms with E-state index in [1.807, 2.05) is 26.0 Å². The number of benzene rings is 2. The van der Waals surface area contributed by atoms with Gasteiger partial charge in [0, 0.05) is 11.1 Å². The zero-order chi connectivity index (χ0) is 27.4. The molecule has 35 heavy (non-hydrogen) atoms. The van der Waals surface area contributed by atoms with Gasteiger partial charge in [-0.05, 0) is 57.8 Å². The van der Waals surface area contributed by atoms with Gasteiger partial charge in [-0.2, -0.15) is 0 Å². The van der Waals surface area contributed by atoms with Gasteiger partial charge < -0.3 is 9.05 Å². The molecule has 0 aliphatic heterocycles. The zero-order valence-electron chi connectivity index (χ0n) is 24.4. The van der Waals surface area contributed by atoms with E-state index >= 15 is 0 Å². The lowest BCUT2D eigenvalue weighted by Gasteiger charge is -2.31. The summed E-state index contributed by atoms with van der Waals surface area (Å²) in [5.41, 5.74) is 5.02. The van der Waals surface area contributed by atoms with Crippen molar-refractivity contribution in [1.82, 2.24) is 0 Å². The van der Waals surface area contributed by atoms with Crippen LogP contribution in [0, 0.1) is 13.8 Å². The minimum atomic E-state index is -4.49. The van der Waals surface area contributed by atoms with Crippen molar-refractivity contribution < 1.29 is 18.5 Å². The number of phosphoric ester groups is 1. The van der Waals surface area contributed by atoms with Gasteiger partial charge in [0.1, 0.15) is 11.5 Å². The van der Waals surface area contributed by atoms with Crippen molar-refractivity contribution in [3.63, 3.8) is 0 Å². The molecule has 0 unspecified atom stereocenters. The van der Waals surface area contributed by atoms with Crippen molar-refractivity contribution in [2.24, 2.45) is 0 Å². The predicted octanol–water partition coefficient (Wildman–Crippen LogP) is 9.05. The minimum Gasteiger partial charge on any atom is -0.395 e. The van der Waals surface area contributed by atoms with E-state index in [1.54, 1.807) is 0 Å². The molecule has 0 fully saturated rings. The third kappa shape index (κ3) is 7.14. The average molecular weight is 503 g/mol. The van der Waals surface area contributed by atoms with Gasteiger partial charge in [-0.25, -0.2) is 4.57 Å². The molecule has 0 aliphatic rings. The number of aryl methyl sites for hydroxylation is 2. The molecule has 1 N–H and O–H groups in total. The molecule has 0 saturated carbocycles. The molecular weight excluding hydrogens is 455 g/mol. The Bertz CT molecular complexity index is 1050. The van der Waals surface area contributed by atoms with E-state index in [2.05, 4.69) is 95.2 Å². The van der Waals surface area contributed by atoms with Gasteiger partial charge in [0.05, 0.1) is 0 Å². The normalized spacial score (nSPS) is 13.7. The monoisotopic (exact) mass is 502 g/mol. The Labute approximate surface area is 214 Å². The maximum atomic E-state index is 13.5. The molecule has 2 aromatic carbocycles. The molecule has 0 radical (unpaired) electrons. The summed E-state index contributed by atoms with van der Waals surface area (Å²) in [7, 11) is -4.49. The van der Waals surface area contributed by atoms with E-state index in [1.165, 1.54) is 0 Å². The number of rotatable bonds is 4. The highest BCUT2D eigenvalue weighted by Crippen LogP contribution is 2.51. The van der Waals surface area contributed by atoms with Gasteiger partial charge >= 0.3 is 7.82 Å². The number of hydrogen-bond donors (Lipinski definition) is 1. The van der Waals surface area contributed by atoms with E-state index in [0.29, 0.717) is 11.5 Å². The first-order valence-electron chi connectivity index (χ1n) is 12.5. The molecule has 0 bridgehead atoms. The molecule has 2 rings (SSSR count). The minimum absolute atomic E-state index is 0.0593. The Balaban J connectivity index is 2.62. The van der Waals surface area contributed by atoms with E-state index in [4.69, 9.17) is 9.05 Å². The summed E-state index contributed by atoms with van der Waals surface area (Å²) >= 11 is 0.